The minimum absolute atomic E-state index is 0.0362. The molecule has 1 aromatic carbocycles. The third kappa shape index (κ3) is 4.05. The third-order valence-electron chi connectivity index (χ3n) is 5.50. The summed E-state index contributed by atoms with van der Waals surface area (Å²) >= 11 is 0. The molecule has 1 saturated heterocycles. The maximum Gasteiger partial charge on any atom is 0.271 e. The van der Waals surface area contributed by atoms with Crippen LogP contribution in [0.25, 0.3) is 0 Å². The molecule has 30 heavy (non-hydrogen) atoms. The number of nitro benzene ring substituents is 1. The van der Waals surface area contributed by atoms with E-state index in [0.717, 1.165) is 4.90 Å². The highest BCUT2D eigenvalue weighted by molar-refractivity contribution is 6.10. The van der Waals surface area contributed by atoms with Crippen LogP contribution in [-0.2, 0) is 14.4 Å². The van der Waals surface area contributed by atoms with E-state index in [-0.39, 0.29) is 41.3 Å². The van der Waals surface area contributed by atoms with E-state index in [1.807, 2.05) is 26.0 Å². The van der Waals surface area contributed by atoms with E-state index in [1.54, 1.807) is 0 Å². The van der Waals surface area contributed by atoms with Crippen LogP contribution < -0.4 is 10.1 Å². The first kappa shape index (κ1) is 21.5. The van der Waals surface area contributed by atoms with Gasteiger partial charge in [-0.2, -0.15) is 0 Å². The van der Waals surface area contributed by atoms with Gasteiger partial charge in [-0.15, -0.1) is 0 Å². The lowest BCUT2D eigenvalue weighted by atomic mass is 9.85. The number of rotatable bonds is 7. The number of fused-ring (bicyclic) bond motifs is 1. The Morgan fingerprint density at radius 1 is 1.23 bits per heavy atom. The highest BCUT2D eigenvalue weighted by atomic mass is 16.6. The lowest BCUT2D eigenvalue weighted by Crippen LogP contribution is -2.48. The Labute approximate surface area is 174 Å². The smallest absolute Gasteiger partial charge is 0.271 e. The number of nitrogens with zero attached hydrogens (tertiary/aromatic N) is 2. The van der Waals surface area contributed by atoms with Gasteiger partial charge < -0.3 is 10.1 Å². The largest absolute Gasteiger partial charge is 0.495 e. The number of nitro groups is 1. The molecule has 3 rings (SSSR count). The molecule has 3 amide bonds. The molecular weight excluding hydrogens is 390 g/mol. The van der Waals surface area contributed by atoms with Gasteiger partial charge in [0.25, 0.3) is 5.69 Å². The molecule has 3 atom stereocenters. The fourth-order valence-corrected chi connectivity index (χ4v) is 4.03. The van der Waals surface area contributed by atoms with Gasteiger partial charge in [-0.1, -0.05) is 26.0 Å². The number of anilines is 1. The summed E-state index contributed by atoms with van der Waals surface area (Å²) in [6, 6.07) is 2.85. The molecule has 160 valence electrons. The Hall–Kier alpha value is -3.23. The number of non-ortho nitro benzene ring substituents is 1. The standard InChI is InChI=1S/C21H25N3O6/c1-12(2)10-17(23-20(26)14-6-4-5-7-15(14)21(23)27)19(25)22-16-11-13(24(28)29)8-9-18(16)30-3/h4-5,8-9,11-12,14-15,17H,6-7,10H2,1-3H3,(H,22,25). The topological polar surface area (TPSA) is 119 Å². The molecular formula is C21H25N3O6. The van der Waals surface area contributed by atoms with Gasteiger partial charge in [-0.3, -0.25) is 29.4 Å². The van der Waals surface area contributed by atoms with Crippen molar-refractivity contribution in [2.75, 3.05) is 12.4 Å². The van der Waals surface area contributed by atoms with Gasteiger partial charge in [0, 0.05) is 12.1 Å². The van der Waals surface area contributed by atoms with E-state index in [2.05, 4.69) is 5.32 Å². The fraction of sp³-hybridized carbons (Fsp3) is 0.476. The Kier molecular flexibility index (Phi) is 6.19. The molecule has 9 nitrogen and oxygen atoms in total. The SMILES string of the molecule is COc1ccc([N+](=O)[O-])cc1NC(=O)C(CC(C)C)N1C(=O)C2CC=CCC2C1=O. The molecule has 9 heteroatoms. The van der Waals surface area contributed by atoms with Gasteiger partial charge in [0.05, 0.1) is 29.6 Å². The Morgan fingerprint density at radius 3 is 2.33 bits per heavy atom. The first-order valence-corrected chi connectivity index (χ1v) is 9.89. The highest BCUT2D eigenvalue weighted by Crippen LogP contribution is 2.37. The molecule has 1 aromatic rings. The summed E-state index contributed by atoms with van der Waals surface area (Å²) in [6.07, 6.45) is 5.04. The van der Waals surface area contributed by atoms with Crippen molar-refractivity contribution in [2.45, 2.75) is 39.2 Å². The Morgan fingerprint density at radius 2 is 1.83 bits per heavy atom. The Balaban J connectivity index is 1.90. The van der Waals surface area contributed by atoms with Crippen LogP contribution in [0.3, 0.4) is 0 Å². The second-order valence-corrected chi connectivity index (χ2v) is 7.98. The highest BCUT2D eigenvalue weighted by Gasteiger charge is 2.51. The molecule has 0 bridgehead atoms. The average molecular weight is 415 g/mol. The predicted molar refractivity (Wildman–Crippen MR) is 109 cm³/mol. The van der Waals surface area contributed by atoms with Crippen LogP contribution in [0.15, 0.2) is 30.4 Å². The number of amides is 3. The second-order valence-electron chi connectivity index (χ2n) is 7.98. The number of carbonyl (C=O) groups is 3. The number of ether oxygens (including phenoxy) is 1. The van der Waals surface area contributed by atoms with Crippen LogP contribution in [0.1, 0.15) is 33.1 Å². The molecule has 0 radical (unpaired) electrons. The average Bonchev–Trinajstić information content (AvgIpc) is 2.96. The zero-order valence-corrected chi connectivity index (χ0v) is 17.2. The van der Waals surface area contributed by atoms with Gasteiger partial charge in [-0.25, -0.2) is 0 Å². The van der Waals surface area contributed by atoms with Crippen LogP contribution in [-0.4, -0.2) is 40.7 Å². The fourth-order valence-electron chi connectivity index (χ4n) is 4.03. The summed E-state index contributed by atoms with van der Waals surface area (Å²) in [5.74, 6) is -1.82. The molecule has 0 saturated carbocycles. The monoisotopic (exact) mass is 415 g/mol. The number of likely N-dealkylation sites (tertiary alicyclic amines) is 1. The van der Waals surface area contributed by atoms with E-state index in [0.29, 0.717) is 12.8 Å². The maximum atomic E-state index is 13.2. The van der Waals surface area contributed by atoms with E-state index in [1.165, 1.54) is 25.3 Å². The van der Waals surface area contributed by atoms with Gasteiger partial charge in [0.1, 0.15) is 11.8 Å². The van der Waals surface area contributed by atoms with Crippen molar-refractivity contribution in [3.05, 3.63) is 40.5 Å². The molecule has 0 aromatic heterocycles. The second kappa shape index (κ2) is 8.64. The molecule has 2 aliphatic rings. The molecule has 1 fully saturated rings. The van der Waals surface area contributed by atoms with Gasteiger partial charge in [0.15, 0.2) is 0 Å². The minimum atomic E-state index is -1.00. The number of carbonyl (C=O) groups excluding carboxylic acids is 3. The lowest BCUT2D eigenvalue weighted by molar-refractivity contribution is -0.384. The summed E-state index contributed by atoms with van der Waals surface area (Å²) in [4.78, 5) is 50.8. The van der Waals surface area contributed by atoms with Crippen molar-refractivity contribution in [1.82, 2.24) is 4.90 Å². The van der Waals surface area contributed by atoms with Crippen LogP contribution in [0.4, 0.5) is 11.4 Å². The quantitative estimate of drug-likeness (QED) is 0.317. The van der Waals surface area contributed by atoms with E-state index < -0.39 is 28.7 Å². The molecule has 0 spiro atoms. The van der Waals surface area contributed by atoms with Crippen molar-refractivity contribution >= 4 is 29.1 Å². The number of nitrogens with one attached hydrogen (secondary N) is 1. The first-order chi connectivity index (χ1) is 14.2. The summed E-state index contributed by atoms with van der Waals surface area (Å²) in [5.41, 5.74) is -0.0967. The van der Waals surface area contributed by atoms with Crippen LogP contribution >= 0.6 is 0 Å². The Bertz CT molecular complexity index is 884. The summed E-state index contributed by atoms with van der Waals surface area (Å²) < 4.78 is 5.19. The van der Waals surface area contributed by atoms with E-state index in [4.69, 9.17) is 4.74 Å². The number of methoxy groups -OCH3 is 1. The maximum absolute atomic E-state index is 13.2. The van der Waals surface area contributed by atoms with Crippen LogP contribution in [0, 0.1) is 27.9 Å². The molecule has 1 N–H and O–H groups in total. The van der Waals surface area contributed by atoms with Crippen molar-refractivity contribution in [2.24, 2.45) is 17.8 Å². The van der Waals surface area contributed by atoms with Gasteiger partial charge >= 0.3 is 0 Å². The van der Waals surface area contributed by atoms with Gasteiger partial charge in [0.2, 0.25) is 17.7 Å². The first-order valence-electron chi connectivity index (χ1n) is 9.89. The van der Waals surface area contributed by atoms with Crippen molar-refractivity contribution < 1.29 is 24.0 Å². The summed E-state index contributed by atoms with van der Waals surface area (Å²) in [5, 5.41) is 13.7. The molecule has 1 aliphatic heterocycles. The number of imide groups is 1. The summed E-state index contributed by atoms with van der Waals surface area (Å²) in [7, 11) is 1.38. The van der Waals surface area contributed by atoms with E-state index >= 15 is 0 Å². The third-order valence-corrected chi connectivity index (χ3v) is 5.50. The predicted octanol–water partition coefficient (Wildman–Crippen LogP) is 2.91. The molecule has 1 heterocycles. The number of hydrogen-bond acceptors (Lipinski definition) is 6. The number of allylic oxidation sites excluding steroid dienone is 2. The zero-order valence-electron chi connectivity index (χ0n) is 17.2. The van der Waals surface area contributed by atoms with Crippen molar-refractivity contribution in [1.29, 1.82) is 0 Å². The van der Waals surface area contributed by atoms with Crippen LogP contribution in [0.2, 0.25) is 0 Å². The van der Waals surface area contributed by atoms with Crippen molar-refractivity contribution in [3.8, 4) is 5.75 Å². The molecule has 3 unspecified atom stereocenters. The zero-order chi connectivity index (χ0) is 22.0. The molecule has 1 aliphatic carbocycles. The minimum Gasteiger partial charge on any atom is -0.495 e. The van der Waals surface area contributed by atoms with E-state index in [9.17, 15) is 24.5 Å². The van der Waals surface area contributed by atoms with Crippen LogP contribution in [0.5, 0.6) is 5.75 Å². The normalized spacial score (nSPS) is 21.5. The van der Waals surface area contributed by atoms with Crippen molar-refractivity contribution in [3.63, 3.8) is 0 Å². The lowest BCUT2D eigenvalue weighted by Gasteiger charge is -2.27. The summed E-state index contributed by atoms with van der Waals surface area (Å²) in [6.45, 7) is 3.79. The number of hydrogen-bond donors (Lipinski definition) is 1. The number of benzene rings is 1. The van der Waals surface area contributed by atoms with Gasteiger partial charge in [-0.05, 0) is 31.2 Å².